The van der Waals surface area contributed by atoms with Gasteiger partial charge in [0.15, 0.2) is 0 Å². The zero-order chi connectivity index (χ0) is 12.3. The summed E-state index contributed by atoms with van der Waals surface area (Å²) in [5.41, 5.74) is 0.966. The molecule has 0 fully saturated rings. The molecule has 0 N–H and O–H groups in total. The third kappa shape index (κ3) is 2.36. The Morgan fingerprint density at radius 1 is 1.24 bits per heavy atom. The van der Waals surface area contributed by atoms with Gasteiger partial charge in [-0.05, 0) is 16.8 Å². The summed E-state index contributed by atoms with van der Waals surface area (Å²) in [5, 5.41) is 2.21. The molecule has 0 bridgehead atoms. The van der Waals surface area contributed by atoms with Crippen LogP contribution in [0.1, 0.15) is 18.6 Å². The molecule has 0 aliphatic carbocycles. The number of ether oxygens (including phenoxy) is 1. The fourth-order valence-electron chi connectivity index (χ4n) is 1.92. The van der Waals surface area contributed by atoms with Crippen LogP contribution < -0.4 is 0 Å². The van der Waals surface area contributed by atoms with E-state index in [1.165, 1.54) is 6.92 Å². The van der Waals surface area contributed by atoms with Gasteiger partial charge in [0.1, 0.15) is 6.10 Å². The van der Waals surface area contributed by atoms with E-state index in [1.807, 2.05) is 42.5 Å². The molecule has 0 saturated carbocycles. The maximum Gasteiger partial charge on any atom is 0.303 e. The molecule has 0 heterocycles. The molecule has 0 unspecified atom stereocenters. The Kier molecular flexibility index (Phi) is 3.24. The number of hydrogen-bond acceptors (Lipinski definition) is 2. The van der Waals surface area contributed by atoms with Gasteiger partial charge in [-0.15, -0.1) is 0 Å². The summed E-state index contributed by atoms with van der Waals surface area (Å²) in [6, 6.07) is 14.0. The van der Waals surface area contributed by atoms with E-state index in [-0.39, 0.29) is 5.97 Å². The van der Waals surface area contributed by atoms with Gasteiger partial charge in [-0.2, -0.15) is 0 Å². The van der Waals surface area contributed by atoms with E-state index >= 15 is 0 Å². The van der Waals surface area contributed by atoms with Gasteiger partial charge in [0.05, 0.1) is 0 Å². The minimum Gasteiger partial charge on any atom is -0.453 e. The summed E-state index contributed by atoms with van der Waals surface area (Å²) in [7, 11) is 0. The van der Waals surface area contributed by atoms with Crippen LogP contribution in [0.2, 0.25) is 0 Å². The largest absolute Gasteiger partial charge is 0.453 e. The van der Waals surface area contributed by atoms with Crippen LogP contribution in [0.4, 0.5) is 0 Å². The topological polar surface area (TPSA) is 26.3 Å². The number of hydrogen-bond donors (Lipinski definition) is 0. The Labute approximate surface area is 101 Å². The van der Waals surface area contributed by atoms with Crippen molar-refractivity contribution in [2.24, 2.45) is 0 Å². The lowest BCUT2D eigenvalue weighted by atomic mass is 10.0. The zero-order valence-electron chi connectivity index (χ0n) is 9.72. The number of carbonyl (C=O) groups is 1. The summed E-state index contributed by atoms with van der Waals surface area (Å²) in [5.74, 6) is -0.303. The average Bonchev–Trinajstić information content (AvgIpc) is 2.35. The smallest absolute Gasteiger partial charge is 0.303 e. The molecule has 1 atom stereocenters. The molecule has 17 heavy (non-hydrogen) atoms. The van der Waals surface area contributed by atoms with Crippen molar-refractivity contribution >= 4 is 16.7 Å². The quantitative estimate of drug-likeness (QED) is 0.590. The van der Waals surface area contributed by atoms with Gasteiger partial charge in [-0.1, -0.05) is 49.0 Å². The molecule has 2 aromatic carbocycles. The van der Waals surface area contributed by atoms with Crippen molar-refractivity contribution in [1.29, 1.82) is 0 Å². The zero-order valence-corrected chi connectivity index (χ0v) is 9.72. The average molecular weight is 226 g/mol. The van der Waals surface area contributed by atoms with Crippen LogP contribution in [0.15, 0.2) is 55.1 Å². The molecule has 0 aromatic heterocycles. The summed E-state index contributed by atoms with van der Waals surface area (Å²) in [4.78, 5) is 11.1. The molecule has 0 spiro atoms. The van der Waals surface area contributed by atoms with Crippen LogP contribution in [0, 0.1) is 0 Å². The maximum atomic E-state index is 11.1. The second-order valence-corrected chi connectivity index (χ2v) is 3.83. The number of benzene rings is 2. The first kappa shape index (κ1) is 11.4. The summed E-state index contributed by atoms with van der Waals surface area (Å²) in [6.45, 7) is 5.12. The van der Waals surface area contributed by atoms with Gasteiger partial charge in [0, 0.05) is 12.5 Å². The van der Waals surface area contributed by atoms with Crippen LogP contribution in [0.5, 0.6) is 0 Å². The Bertz CT molecular complexity index is 552. The summed E-state index contributed by atoms with van der Waals surface area (Å²) < 4.78 is 5.24. The summed E-state index contributed by atoms with van der Waals surface area (Å²) >= 11 is 0. The number of carbonyl (C=O) groups excluding carboxylic acids is 1. The molecular weight excluding hydrogens is 212 g/mol. The first-order chi connectivity index (χ1) is 8.22. The highest BCUT2D eigenvalue weighted by Crippen LogP contribution is 2.27. The molecule has 86 valence electrons. The Hall–Kier alpha value is -2.09. The van der Waals surface area contributed by atoms with E-state index in [1.54, 1.807) is 6.08 Å². The van der Waals surface area contributed by atoms with Gasteiger partial charge in [-0.25, -0.2) is 0 Å². The van der Waals surface area contributed by atoms with E-state index in [4.69, 9.17) is 4.74 Å². The second-order valence-electron chi connectivity index (χ2n) is 3.83. The molecule has 0 aliphatic heterocycles. The van der Waals surface area contributed by atoms with Crippen molar-refractivity contribution in [2.75, 3.05) is 0 Å². The predicted octanol–water partition coefficient (Wildman–Crippen LogP) is 3.63. The van der Waals surface area contributed by atoms with E-state index < -0.39 is 6.10 Å². The fourth-order valence-corrected chi connectivity index (χ4v) is 1.92. The third-order valence-electron chi connectivity index (χ3n) is 2.64. The Morgan fingerprint density at radius 2 is 1.94 bits per heavy atom. The van der Waals surface area contributed by atoms with Crippen LogP contribution in [-0.2, 0) is 9.53 Å². The molecule has 0 saturated heterocycles. The van der Waals surface area contributed by atoms with E-state index in [9.17, 15) is 4.79 Å². The molecule has 2 nitrogen and oxygen atoms in total. The van der Waals surface area contributed by atoms with Crippen LogP contribution in [0.3, 0.4) is 0 Å². The van der Waals surface area contributed by atoms with Gasteiger partial charge in [0.2, 0.25) is 0 Å². The molecule has 0 radical (unpaired) electrons. The minimum absolute atomic E-state index is 0.303. The second kappa shape index (κ2) is 4.83. The van der Waals surface area contributed by atoms with E-state index in [0.717, 1.165) is 16.3 Å². The lowest BCUT2D eigenvalue weighted by molar-refractivity contribution is -0.144. The van der Waals surface area contributed by atoms with Crippen molar-refractivity contribution < 1.29 is 9.53 Å². The predicted molar refractivity (Wildman–Crippen MR) is 68.7 cm³/mol. The van der Waals surface area contributed by atoms with Crippen molar-refractivity contribution in [3.05, 3.63) is 60.7 Å². The Balaban J connectivity index is 2.53. The third-order valence-corrected chi connectivity index (χ3v) is 2.64. The van der Waals surface area contributed by atoms with Crippen LogP contribution >= 0.6 is 0 Å². The minimum atomic E-state index is -0.390. The van der Waals surface area contributed by atoms with Crippen molar-refractivity contribution in [1.82, 2.24) is 0 Å². The first-order valence-corrected chi connectivity index (χ1v) is 5.50. The van der Waals surface area contributed by atoms with Crippen molar-refractivity contribution in [3.63, 3.8) is 0 Å². The lowest BCUT2D eigenvalue weighted by Gasteiger charge is -2.15. The maximum absolute atomic E-state index is 11.1. The van der Waals surface area contributed by atoms with Gasteiger partial charge in [0.25, 0.3) is 0 Å². The van der Waals surface area contributed by atoms with E-state index in [0.29, 0.717) is 0 Å². The van der Waals surface area contributed by atoms with Crippen molar-refractivity contribution in [2.45, 2.75) is 13.0 Å². The highest BCUT2D eigenvalue weighted by molar-refractivity contribution is 5.86. The number of fused-ring (bicyclic) bond motifs is 1. The molecular formula is C15H14O2. The van der Waals surface area contributed by atoms with Crippen LogP contribution in [0.25, 0.3) is 10.8 Å². The fraction of sp³-hybridized carbons (Fsp3) is 0.133. The number of rotatable bonds is 3. The van der Waals surface area contributed by atoms with Crippen LogP contribution in [-0.4, -0.2) is 5.97 Å². The highest BCUT2D eigenvalue weighted by atomic mass is 16.5. The standard InChI is InChI=1S/C15H14O2/c1-3-15(17-11(2)16)14-10-6-8-12-7-4-5-9-13(12)14/h3-10,15H,1H2,2H3/t15-/m1/s1. The lowest BCUT2D eigenvalue weighted by Crippen LogP contribution is -2.06. The molecule has 2 aromatic rings. The molecule has 0 amide bonds. The SMILES string of the molecule is C=C[C@@H](OC(C)=O)c1cccc2ccccc12. The monoisotopic (exact) mass is 226 g/mol. The number of esters is 1. The first-order valence-electron chi connectivity index (χ1n) is 5.50. The van der Waals surface area contributed by atoms with Gasteiger partial charge < -0.3 is 4.74 Å². The van der Waals surface area contributed by atoms with Gasteiger partial charge >= 0.3 is 5.97 Å². The van der Waals surface area contributed by atoms with Gasteiger partial charge in [-0.3, -0.25) is 4.79 Å². The molecule has 0 aliphatic rings. The molecule has 2 rings (SSSR count). The normalized spacial score (nSPS) is 12.1. The summed E-state index contributed by atoms with van der Waals surface area (Å²) in [6.07, 6.45) is 1.25. The van der Waals surface area contributed by atoms with E-state index in [2.05, 4.69) is 6.58 Å². The Morgan fingerprint density at radius 3 is 2.65 bits per heavy atom. The van der Waals surface area contributed by atoms with Crippen molar-refractivity contribution in [3.8, 4) is 0 Å². The molecule has 2 heteroatoms. The highest BCUT2D eigenvalue weighted by Gasteiger charge is 2.13.